The molecule has 11 heteroatoms. The van der Waals surface area contributed by atoms with E-state index in [4.69, 9.17) is 10.6 Å². The van der Waals surface area contributed by atoms with E-state index < -0.39 is 35.8 Å². The predicted molar refractivity (Wildman–Crippen MR) is 103 cm³/mol. The number of hydrazine groups is 1. The molecule has 1 aromatic rings. The summed E-state index contributed by atoms with van der Waals surface area (Å²) in [5, 5.41) is -0.889. The van der Waals surface area contributed by atoms with Gasteiger partial charge in [0, 0.05) is 12.8 Å². The number of unbranched alkanes of at least 4 members (excludes halogenated alkanes) is 1. The van der Waals surface area contributed by atoms with Crippen LogP contribution in [-0.2, 0) is 29.2 Å². The van der Waals surface area contributed by atoms with Gasteiger partial charge in [-0.05, 0) is 25.0 Å². The molecule has 1 aromatic carbocycles. The number of para-hydroxylation sites is 1. The first kappa shape index (κ1) is 22.6. The zero-order chi connectivity index (χ0) is 21.2. The van der Waals surface area contributed by atoms with Gasteiger partial charge in [0.1, 0.15) is 15.9 Å². The largest absolute Gasteiger partial charge is 0.492 e. The van der Waals surface area contributed by atoms with Gasteiger partial charge in [-0.15, -0.1) is 0 Å². The highest BCUT2D eigenvalue weighted by Crippen LogP contribution is 2.42. The van der Waals surface area contributed by atoms with Gasteiger partial charge in [0.15, 0.2) is 19.7 Å². The van der Waals surface area contributed by atoms with Gasteiger partial charge in [-0.25, -0.2) is 26.6 Å². The fourth-order valence-corrected chi connectivity index (χ4v) is 7.90. The van der Waals surface area contributed by atoms with Crippen molar-refractivity contribution in [1.82, 2.24) is 5.01 Å². The number of esters is 1. The maximum atomic E-state index is 13.5. The van der Waals surface area contributed by atoms with Crippen LogP contribution >= 0.6 is 0 Å². The van der Waals surface area contributed by atoms with Crippen LogP contribution in [0.2, 0.25) is 0 Å². The molecule has 0 spiro atoms. The van der Waals surface area contributed by atoms with Crippen LogP contribution in [0.25, 0.3) is 0 Å². The Morgan fingerprint density at radius 2 is 1.93 bits per heavy atom. The van der Waals surface area contributed by atoms with Crippen molar-refractivity contribution in [2.75, 3.05) is 26.5 Å². The third-order valence-electron chi connectivity index (χ3n) is 4.82. The number of carbonyl (C=O) groups excluding carboxylic acids is 1. The minimum atomic E-state index is -4.31. The van der Waals surface area contributed by atoms with Gasteiger partial charge in [-0.3, -0.25) is 5.84 Å². The third-order valence-corrected chi connectivity index (χ3v) is 9.07. The molecular formula is C17H26N2O7S2. The first-order valence-electron chi connectivity index (χ1n) is 8.81. The minimum absolute atomic E-state index is 0.106. The number of carbonyl (C=O) groups is 1. The maximum Gasteiger partial charge on any atom is 0.344 e. The van der Waals surface area contributed by atoms with E-state index in [0.29, 0.717) is 6.61 Å². The van der Waals surface area contributed by atoms with Gasteiger partial charge in [0.05, 0.1) is 13.7 Å². The van der Waals surface area contributed by atoms with E-state index in [1.54, 1.807) is 6.07 Å². The van der Waals surface area contributed by atoms with Gasteiger partial charge >= 0.3 is 5.97 Å². The Labute approximate surface area is 165 Å². The standard InChI is InChI=1S/C17H26N2O7S2/c1-4-5-12-26-13-8-6-7-9-14(13)28(23,24)15-10-11-19(18)17(15,16(20)25-2)27(3,21)22/h6-9,15H,4-5,10-12,18H2,1-3H3/t15?,17-/m0/s1. The van der Waals surface area contributed by atoms with Gasteiger partial charge in [0.25, 0.3) is 4.87 Å². The molecule has 158 valence electrons. The molecule has 0 saturated carbocycles. The van der Waals surface area contributed by atoms with Gasteiger partial charge in [-0.1, -0.05) is 25.5 Å². The molecule has 0 radical (unpaired) electrons. The Bertz CT molecular complexity index is 931. The van der Waals surface area contributed by atoms with E-state index in [0.717, 1.165) is 31.2 Å². The number of ether oxygens (including phenoxy) is 2. The molecule has 1 aliphatic rings. The molecule has 2 N–H and O–H groups in total. The zero-order valence-corrected chi connectivity index (χ0v) is 17.8. The lowest BCUT2D eigenvalue weighted by molar-refractivity contribution is -0.148. The van der Waals surface area contributed by atoms with Gasteiger partial charge in [-0.2, -0.15) is 0 Å². The van der Waals surface area contributed by atoms with Gasteiger partial charge in [0.2, 0.25) is 0 Å². The molecule has 1 saturated heterocycles. The molecule has 0 amide bonds. The van der Waals surface area contributed by atoms with Crippen LogP contribution in [0.15, 0.2) is 29.2 Å². The smallest absolute Gasteiger partial charge is 0.344 e. The minimum Gasteiger partial charge on any atom is -0.492 e. The summed E-state index contributed by atoms with van der Waals surface area (Å²) in [6.45, 7) is 2.17. The Hall–Kier alpha value is -1.69. The number of hydrogen-bond acceptors (Lipinski definition) is 9. The van der Waals surface area contributed by atoms with E-state index in [9.17, 15) is 21.6 Å². The lowest BCUT2D eigenvalue weighted by atomic mass is 10.2. The van der Waals surface area contributed by atoms with Crippen molar-refractivity contribution >= 4 is 25.6 Å². The molecule has 1 heterocycles. The van der Waals surface area contributed by atoms with Gasteiger partial charge < -0.3 is 9.47 Å². The number of sulfone groups is 2. The average Bonchev–Trinajstić information content (AvgIpc) is 3.00. The van der Waals surface area contributed by atoms with Crippen LogP contribution in [0.1, 0.15) is 26.2 Å². The normalized spacial score (nSPS) is 23.5. The number of nitrogens with two attached hydrogens (primary N) is 1. The number of rotatable bonds is 8. The van der Waals surface area contributed by atoms with Crippen LogP contribution in [0, 0.1) is 0 Å². The Balaban J connectivity index is 2.64. The van der Waals surface area contributed by atoms with Crippen molar-refractivity contribution in [3.8, 4) is 5.75 Å². The molecule has 1 fully saturated rings. The van der Waals surface area contributed by atoms with Crippen LogP contribution in [-0.4, -0.2) is 64.5 Å². The number of hydrogen-bond donors (Lipinski definition) is 1. The predicted octanol–water partition coefficient (Wildman–Crippen LogP) is 0.501. The summed E-state index contributed by atoms with van der Waals surface area (Å²) < 4.78 is 62.5. The van der Waals surface area contributed by atoms with E-state index in [1.165, 1.54) is 18.2 Å². The number of methoxy groups -OCH3 is 1. The summed E-state index contributed by atoms with van der Waals surface area (Å²) in [4.78, 5) is 9.85. The summed E-state index contributed by atoms with van der Waals surface area (Å²) in [5.74, 6) is 4.72. The maximum absolute atomic E-state index is 13.5. The molecule has 2 rings (SSSR count). The SMILES string of the molecule is CCCCOc1ccccc1S(=O)(=O)C1CCN(N)[C@]1(C(=O)OC)S(C)(=O)=O. The fraction of sp³-hybridized carbons (Fsp3) is 0.588. The Morgan fingerprint density at radius 1 is 1.29 bits per heavy atom. The van der Waals surface area contributed by atoms with E-state index in [1.807, 2.05) is 6.92 Å². The van der Waals surface area contributed by atoms with Crippen LogP contribution in [0.4, 0.5) is 0 Å². The summed E-state index contributed by atoms with van der Waals surface area (Å²) in [5.41, 5.74) is 0. The second-order valence-corrected chi connectivity index (χ2v) is 10.9. The van der Waals surface area contributed by atoms with E-state index in [-0.39, 0.29) is 23.6 Å². The first-order chi connectivity index (χ1) is 13.0. The molecular weight excluding hydrogens is 408 g/mol. The first-order valence-corrected chi connectivity index (χ1v) is 12.2. The Morgan fingerprint density at radius 3 is 2.50 bits per heavy atom. The monoisotopic (exact) mass is 434 g/mol. The summed E-state index contributed by atoms with van der Waals surface area (Å²) in [6.07, 6.45) is 2.22. The molecule has 1 unspecified atom stereocenters. The summed E-state index contributed by atoms with van der Waals surface area (Å²) in [7, 11) is -7.61. The summed E-state index contributed by atoms with van der Waals surface area (Å²) in [6, 6.07) is 5.96. The van der Waals surface area contributed by atoms with E-state index >= 15 is 0 Å². The van der Waals surface area contributed by atoms with E-state index in [2.05, 4.69) is 4.74 Å². The van der Waals surface area contributed by atoms with Crippen LogP contribution in [0.3, 0.4) is 0 Å². The lowest BCUT2D eigenvalue weighted by Crippen LogP contribution is -2.65. The molecule has 0 bridgehead atoms. The third kappa shape index (κ3) is 3.63. The lowest BCUT2D eigenvalue weighted by Gasteiger charge is -2.35. The van der Waals surface area contributed by atoms with Crippen molar-refractivity contribution in [2.45, 2.75) is 41.2 Å². The number of nitrogens with zero attached hydrogens (tertiary/aromatic N) is 1. The zero-order valence-electron chi connectivity index (χ0n) is 16.1. The Kier molecular flexibility index (Phi) is 6.74. The quantitative estimate of drug-likeness (QED) is 0.353. The fourth-order valence-electron chi connectivity index (χ4n) is 3.45. The van der Waals surface area contributed by atoms with Crippen molar-refractivity contribution in [3.63, 3.8) is 0 Å². The molecule has 1 aliphatic heterocycles. The van der Waals surface area contributed by atoms with Crippen molar-refractivity contribution in [3.05, 3.63) is 24.3 Å². The van der Waals surface area contributed by atoms with Crippen LogP contribution < -0.4 is 10.6 Å². The highest BCUT2D eigenvalue weighted by Gasteiger charge is 2.67. The molecule has 28 heavy (non-hydrogen) atoms. The van der Waals surface area contributed by atoms with Crippen molar-refractivity contribution in [1.29, 1.82) is 0 Å². The highest BCUT2D eigenvalue weighted by molar-refractivity contribution is 7.96. The summed E-state index contributed by atoms with van der Waals surface area (Å²) >= 11 is 0. The van der Waals surface area contributed by atoms with Crippen molar-refractivity contribution in [2.24, 2.45) is 5.84 Å². The molecule has 0 aliphatic carbocycles. The average molecular weight is 435 g/mol. The molecule has 9 nitrogen and oxygen atoms in total. The molecule has 2 atom stereocenters. The topological polar surface area (TPSA) is 133 Å². The van der Waals surface area contributed by atoms with Crippen LogP contribution in [0.5, 0.6) is 5.75 Å². The van der Waals surface area contributed by atoms with Crippen molar-refractivity contribution < 1.29 is 31.1 Å². The second-order valence-electron chi connectivity index (χ2n) is 6.62. The number of benzene rings is 1. The highest BCUT2D eigenvalue weighted by atomic mass is 32.2. The second kappa shape index (κ2) is 8.36. The molecule has 0 aromatic heterocycles.